The molecule has 3 rings (SSSR count). The maximum Gasteiger partial charge on any atom is 0.224 e. The molecule has 0 fully saturated rings. The Labute approximate surface area is 193 Å². The van der Waals surface area contributed by atoms with Gasteiger partial charge in [-0.05, 0) is 44.0 Å². The van der Waals surface area contributed by atoms with E-state index in [0.717, 1.165) is 24.4 Å². The predicted molar refractivity (Wildman–Crippen MR) is 132 cm³/mol. The Morgan fingerprint density at radius 3 is 2.58 bits per heavy atom. The first-order valence-corrected chi connectivity index (χ1v) is 12.7. The molecular formula is C24H33N3O2S2. The lowest BCUT2D eigenvalue weighted by molar-refractivity contribution is -0.129. The van der Waals surface area contributed by atoms with Crippen molar-refractivity contribution in [2.24, 2.45) is 0 Å². The number of nitrogens with zero attached hydrogens (tertiary/aromatic N) is 2. The standard InChI is InChI=1S/C24H33N3O2S2/c1-24(2,3)31(29)25-20(16-23(28)26(4)5)19-11-12-22-21(15-19)27(13-14-30-22)17-18-9-7-6-8-10-18/h6-12,15,20,25H,13-14,16-17H2,1-5H3. The van der Waals surface area contributed by atoms with Crippen molar-refractivity contribution in [2.75, 3.05) is 31.3 Å². The average Bonchev–Trinajstić information content (AvgIpc) is 2.73. The van der Waals surface area contributed by atoms with Crippen molar-refractivity contribution in [3.63, 3.8) is 0 Å². The summed E-state index contributed by atoms with van der Waals surface area (Å²) in [7, 11) is 3.51. The van der Waals surface area contributed by atoms with Crippen LogP contribution in [-0.4, -0.2) is 46.5 Å². The normalized spacial score (nSPS) is 15.9. The Morgan fingerprint density at radius 2 is 1.94 bits per heavy atom. The van der Waals surface area contributed by atoms with Crippen LogP contribution in [0.25, 0.3) is 0 Å². The van der Waals surface area contributed by atoms with Gasteiger partial charge >= 0.3 is 0 Å². The van der Waals surface area contributed by atoms with E-state index in [1.54, 1.807) is 19.0 Å². The number of anilines is 1. The highest BCUT2D eigenvalue weighted by atomic mass is 32.2. The Balaban J connectivity index is 1.90. The van der Waals surface area contributed by atoms with Gasteiger partial charge in [0.15, 0.2) is 0 Å². The minimum Gasteiger partial charge on any atom is -0.598 e. The van der Waals surface area contributed by atoms with Crippen LogP contribution in [-0.2, 0) is 22.7 Å². The summed E-state index contributed by atoms with van der Waals surface area (Å²) in [6.07, 6.45) is 0.263. The summed E-state index contributed by atoms with van der Waals surface area (Å²) in [6.45, 7) is 7.63. The van der Waals surface area contributed by atoms with Crippen LogP contribution in [0.5, 0.6) is 0 Å². The van der Waals surface area contributed by atoms with Gasteiger partial charge in [0.25, 0.3) is 0 Å². The van der Waals surface area contributed by atoms with Crippen LogP contribution in [0.15, 0.2) is 53.4 Å². The average molecular weight is 460 g/mol. The molecule has 0 saturated heterocycles. The van der Waals surface area contributed by atoms with Gasteiger partial charge in [0.1, 0.15) is 4.75 Å². The quantitative estimate of drug-likeness (QED) is 0.623. The molecule has 0 saturated carbocycles. The first kappa shape index (κ1) is 24.0. The maximum absolute atomic E-state index is 12.9. The molecule has 0 aromatic heterocycles. The van der Waals surface area contributed by atoms with Crippen molar-refractivity contribution in [3.8, 4) is 0 Å². The Kier molecular flexibility index (Phi) is 7.97. The van der Waals surface area contributed by atoms with Crippen LogP contribution >= 0.6 is 11.8 Å². The summed E-state index contributed by atoms with van der Waals surface area (Å²) in [5.74, 6) is 1.06. The third-order valence-electron chi connectivity index (χ3n) is 5.24. The third kappa shape index (κ3) is 6.42. The molecule has 1 aliphatic rings. The van der Waals surface area contributed by atoms with E-state index >= 15 is 0 Å². The monoisotopic (exact) mass is 459 g/mol. The molecule has 5 nitrogen and oxygen atoms in total. The number of fused-ring (bicyclic) bond motifs is 1. The fraction of sp³-hybridized carbons (Fsp3) is 0.458. The van der Waals surface area contributed by atoms with Crippen LogP contribution in [0.1, 0.15) is 44.4 Å². The molecule has 0 radical (unpaired) electrons. The number of hydrogen-bond donors (Lipinski definition) is 1. The second-order valence-corrected chi connectivity index (χ2v) is 12.2. The van der Waals surface area contributed by atoms with Gasteiger partial charge in [0.2, 0.25) is 5.91 Å². The molecule has 2 aromatic rings. The van der Waals surface area contributed by atoms with Crippen molar-refractivity contribution in [3.05, 3.63) is 59.7 Å². The number of carbonyl (C=O) groups is 1. The highest BCUT2D eigenvalue weighted by Gasteiger charge is 2.32. The van der Waals surface area contributed by atoms with Crippen molar-refractivity contribution in [1.82, 2.24) is 9.62 Å². The fourth-order valence-corrected chi connectivity index (χ4v) is 5.23. The van der Waals surface area contributed by atoms with Crippen LogP contribution in [0.2, 0.25) is 0 Å². The second kappa shape index (κ2) is 10.3. The zero-order valence-corrected chi connectivity index (χ0v) is 20.7. The lowest BCUT2D eigenvalue weighted by Crippen LogP contribution is -2.42. The van der Waals surface area contributed by atoms with E-state index in [2.05, 4.69) is 52.1 Å². The Morgan fingerprint density at radius 1 is 1.23 bits per heavy atom. The molecule has 1 amide bonds. The maximum atomic E-state index is 12.9. The number of benzene rings is 2. The topological polar surface area (TPSA) is 58.6 Å². The number of thioether (sulfide) groups is 1. The molecule has 2 unspecified atom stereocenters. The van der Waals surface area contributed by atoms with E-state index in [1.165, 1.54) is 16.1 Å². The van der Waals surface area contributed by atoms with Crippen LogP contribution in [0, 0.1) is 0 Å². The molecule has 1 heterocycles. The van der Waals surface area contributed by atoms with Crippen molar-refractivity contribution < 1.29 is 9.35 Å². The highest BCUT2D eigenvalue weighted by Crippen LogP contribution is 2.38. The van der Waals surface area contributed by atoms with Crippen molar-refractivity contribution in [2.45, 2.75) is 49.4 Å². The van der Waals surface area contributed by atoms with Crippen molar-refractivity contribution in [1.29, 1.82) is 0 Å². The number of rotatable bonds is 7. The summed E-state index contributed by atoms with van der Waals surface area (Å²) >= 11 is 0.584. The number of amides is 1. The minimum absolute atomic E-state index is 0.0108. The lowest BCUT2D eigenvalue weighted by Gasteiger charge is -2.33. The van der Waals surface area contributed by atoms with Gasteiger partial charge in [0, 0.05) is 49.2 Å². The third-order valence-corrected chi connectivity index (χ3v) is 7.90. The first-order valence-electron chi connectivity index (χ1n) is 10.6. The number of nitrogens with one attached hydrogen (secondary N) is 1. The van der Waals surface area contributed by atoms with Gasteiger partial charge < -0.3 is 14.4 Å². The summed E-state index contributed by atoms with van der Waals surface area (Å²) in [4.78, 5) is 17.8. The molecule has 2 atom stereocenters. The Hall–Kier alpha value is -1.67. The number of carbonyl (C=O) groups excluding carboxylic acids is 1. The summed E-state index contributed by atoms with van der Waals surface area (Å²) in [5, 5.41) is 0. The summed E-state index contributed by atoms with van der Waals surface area (Å²) in [5.41, 5.74) is 3.45. The van der Waals surface area contributed by atoms with Gasteiger partial charge in [-0.25, -0.2) is 0 Å². The predicted octanol–water partition coefficient (Wildman–Crippen LogP) is 4.37. The van der Waals surface area contributed by atoms with Crippen molar-refractivity contribution >= 4 is 34.7 Å². The Bertz CT molecular complexity index is 884. The molecular weight excluding hydrogens is 426 g/mol. The lowest BCUT2D eigenvalue weighted by atomic mass is 10.0. The molecule has 0 bridgehead atoms. The summed E-state index contributed by atoms with van der Waals surface area (Å²) < 4.78 is 15.7. The molecule has 0 spiro atoms. The highest BCUT2D eigenvalue weighted by molar-refractivity contribution is 7.99. The number of hydrogen-bond acceptors (Lipinski definition) is 5. The van der Waals surface area contributed by atoms with E-state index in [4.69, 9.17) is 0 Å². The smallest absolute Gasteiger partial charge is 0.224 e. The molecule has 1 N–H and O–H groups in total. The van der Waals surface area contributed by atoms with E-state index in [1.807, 2.05) is 38.6 Å². The molecule has 2 aromatic carbocycles. The van der Waals surface area contributed by atoms with Gasteiger partial charge in [0.05, 0.1) is 18.2 Å². The molecule has 1 aliphatic heterocycles. The van der Waals surface area contributed by atoms with Crippen LogP contribution < -0.4 is 9.62 Å². The second-order valence-electron chi connectivity index (χ2n) is 9.03. The zero-order valence-electron chi connectivity index (χ0n) is 19.1. The van der Waals surface area contributed by atoms with Crippen LogP contribution in [0.3, 0.4) is 0 Å². The first-order chi connectivity index (χ1) is 14.6. The van der Waals surface area contributed by atoms with E-state index in [9.17, 15) is 9.35 Å². The fourth-order valence-electron chi connectivity index (χ4n) is 3.37. The van der Waals surface area contributed by atoms with Crippen LogP contribution in [0.4, 0.5) is 5.69 Å². The molecule has 7 heteroatoms. The zero-order chi connectivity index (χ0) is 22.6. The van der Waals surface area contributed by atoms with E-state index < -0.39 is 16.1 Å². The molecule has 31 heavy (non-hydrogen) atoms. The minimum atomic E-state index is -1.28. The molecule has 0 aliphatic carbocycles. The largest absolute Gasteiger partial charge is 0.598 e. The van der Waals surface area contributed by atoms with E-state index in [0.29, 0.717) is 0 Å². The SMILES string of the molecule is CN(C)C(=O)CC(N[S+]([O-])C(C)(C)C)c1ccc2c(c1)N(Cc1ccccc1)CCS2. The van der Waals surface area contributed by atoms with Gasteiger partial charge in [-0.15, -0.1) is 16.5 Å². The van der Waals surface area contributed by atoms with Gasteiger partial charge in [-0.3, -0.25) is 4.79 Å². The molecule has 168 valence electrons. The van der Waals surface area contributed by atoms with E-state index in [-0.39, 0.29) is 18.4 Å². The van der Waals surface area contributed by atoms with Gasteiger partial charge in [-0.2, -0.15) is 0 Å². The summed E-state index contributed by atoms with van der Waals surface area (Å²) in [6, 6.07) is 16.5. The van der Waals surface area contributed by atoms with Gasteiger partial charge in [-0.1, -0.05) is 36.4 Å².